The Morgan fingerprint density at radius 3 is 2.39 bits per heavy atom. The van der Waals surface area contributed by atoms with E-state index in [0.717, 1.165) is 33.4 Å². The quantitative estimate of drug-likeness (QED) is 0.374. The first-order valence-corrected chi connectivity index (χ1v) is 11.7. The number of amides is 2. The summed E-state index contributed by atoms with van der Waals surface area (Å²) < 4.78 is 3.58. The van der Waals surface area contributed by atoms with E-state index >= 15 is 0 Å². The molecular formula is C28H26N6O2. The van der Waals surface area contributed by atoms with Gasteiger partial charge < -0.3 is 10.6 Å². The molecule has 2 N–H and O–H groups in total. The molecule has 2 amide bonds. The minimum absolute atomic E-state index is 0.130. The molecule has 8 nitrogen and oxygen atoms in total. The predicted molar refractivity (Wildman–Crippen MR) is 138 cm³/mol. The van der Waals surface area contributed by atoms with Crippen molar-refractivity contribution in [1.29, 1.82) is 0 Å². The van der Waals surface area contributed by atoms with Crippen molar-refractivity contribution < 1.29 is 9.59 Å². The van der Waals surface area contributed by atoms with Gasteiger partial charge in [0.15, 0.2) is 0 Å². The van der Waals surface area contributed by atoms with Crippen LogP contribution in [-0.4, -0.2) is 38.4 Å². The number of fused-ring (bicyclic) bond motifs is 1. The van der Waals surface area contributed by atoms with Gasteiger partial charge in [-0.2, -0.15) is 10.2 Å². The number of rotatable bonds is 7. The topological polar surface area (TPSA) is 93.8 Å². The van der Waals surface area contributed by atoms with Gasteiger partial charge in [-0.25, -0.2) is 4.68 Å². The van der Waals surface area contributed by atoms with Gasteiger partial charge >= 0.3 is 0 Å². The van der Waals surface area contributed by atoms with Crippen LogP contribution in [0.1, 0.15) is 37.5 Å². The van der Waals surface area contributed by atoms with Crippen LogP contribution >= 0.6 is 0 Å². The lowest BCUT2D eigenvalue weighted by Gasteiger charge is -2.09. The molecule has 0 spiro atoms. The Kier molecular flexibility index (Phi) is 6.32. The average Bonchev–Trinajstić information content (AvgIpc) is 3.51. The molecule has 8 heteroatoms. The van der Waals surface area contributed by atoms with E-state index in [1.165, 1.54) is 0 Å². The highest BCUT2D eigenvalue weighted by Crippen LogP contribution is 2.20. The Morgan fingerprint density at radius 1 is 0.861 bits per heavy atom. The van der Waals surface area contributed by atoms with Crippen LogP contribution in [0, 0.1) is 0 Å². The summed E-state index contributed by atoms with van der Waals surface area (Å²) >= 11 is 0. The number of nitrogens with one attached hydrogen (secondary N) is 2. The summed E-state index contributed by atoms with van der Waals surface area (Å²) in [6, 6.07) is 23.4. The molecule has 0 aliphatic rings. The lowest BCUT2D eigenvalue weighted by molar-refractivity contribution is 0.0946. The Bertz CT molecular complexity index is 1530. The highest BCUT2D eigenvalue weighted by Gasteiger charge is 2.16. The van der Waals surface area contributed by atoms with Crippen LogP contribution in [0.3, 0.4) is 0 Å². The molecular weight excluding hydrogens is 452 g/mol. The van der Waals surface area contributed by atoms with Crippen molar-refractivity contribution in [3.8, 4) is 5.69 Å². The molecule has 2 heterocycles. The first-order chi connectivity index (χ1) is 17.5. The molecule has 2 aromatic heterocycles. The maximum atomic E-state index is 12.9. The summed E-state index contributed by atoms with van der Waals surface area (Å²) in [5.74, 6) is -0.280. The maximum Gasteiger partial charge on any atom is 0.255 e. The van der Waals surface area contributed by atoms with Crippen LogP contribution < -0.4 is 10.6 Å². The second-order valence-corrected chi connectivity index (χ2v) is 8.55. The summed E-state index contributed by atoms with van der Waals surface area (Å²) in [6.45, 7) is 0.397. The van der Waals surface area contributed by atoms with E-state index in [9.17, 15) is 9.59 Å². The van der Waals surface area contributed by atoms with E-state index in [2.05, 4.69) is 20.8 Å². The molecule has 0 aliphatic heterocycles. The Labute approximate surface area is 208 Å². The lowest BCUT2D eigenvalue weighted by Crippen LogP contribution is -2.24. The van der Waals surface area contributed by atoms with Crippen LogP contribution in [0.2, 0.25) is 0 Å². The fraction of sp³-hybridized carbons (Fsp3) is 0.143. The second kappa shape index (κ2) is 9.87. The molecule has 0 fully saturated rings. The third kappa shape index (κ3) is 4.61. The van der Waals surface area contributed by atoms with Gasteiger partial charge in [0, 0.05) is 38.0 Å². The lowest BCUT2D eigenvalue weighted by atomic mass is 10.1. The Hall–Kier alpha value is -4.72. The summed E-state index contributed by atoms with van der Waals surface area (Å²) in [5.41, 5.74) is 5.95. The van der Waals surface area contributed by atoms with E-state index < -0.39 is 0 Å². The van der Waals surface area contributed by atoms with Crippen LogP contribution in [0.25, 0.3) is 16.6 Å². The molecule has 180 valence electrons. The molecule has 36 heavy (non-hydrogen) atoms. The zero-order chi connectivity index (χ0) is 25.1. The van der Waals surface area contributed by atoms with Crippen molar-refractivity contribution in [3.05, 3.63) is 113 Å². The average molecular weight is 479 g/mol. The fourth-order valence-electron chi connectivity index (χ4n) is 4.21. The third-order valence-electron chi connectivity index (χ3n) is 6.21. The normalized spacial score (nSPS) is 10.9. The molecule has 5 rings (SSSR count). The van der Waals surface area contributed by atoms with Gasteiger partial charge in [-0.3, -0.25) is 14.3 Å². The monoisotopic (exact) mass is 478 g/mol. The number of benzene rings is 3. The molecule has 0 aliphatic carbocycles. The molecule has 0 atom stereocenters. The molecule has 0 saturated carbocycles. The highest BCUT2D eigenvalue weighted by atomic mass is 16.2. The highest BCUT2D eigenvalue weighted by molar-refractivity contribution is 5.98. The SMILES string of the molecule is CNC(=O)c1ccc2c(cnn2-c2ccc(CNC(=O)c3cnn(C)c3Cc3ccccc3)cc2)c1. The van der Waals surface area contributed by atoms with Gasteiger partial charge in [-0.15, -0.1) is 0 Å². The van der Waals surface area contributed by atoms with Crippen molar-refractivity contribution in [2.75, 3.05) is 7.05 Å². The van der Waals surface area contributed by atoms with Gasteiger partial charge in [0.1, 0.15) is 0 Å². The Morgan fingerprint density at radius 2 is 1.64 bits per heavy atom. The van der Waals surface area contributed by atoms with Crippen molar-refractivity contribution in [2.45, 2.75) is 13.0 Å². The minimum Gasteiger partial charge on any atom is -0.355 e. The van der Waals surface area contributed by atoms with Gasteiger partial charge in [0.2, 0.25) is 0 Å². The van der Waals surface area contributed by atoms with E-state index in [1.807, 2.05) is 78.5 Å². The van der Waals surface area contributed by atoms with E-state index in [0.29, 0.717) is 24.1 Å². The smallest absolute Gasteiger partial charge is 0.255 e. The zero-order valence-electron chi connectivity index (χ0n) is 20.1. The zero-order valence-corrected chi connectivity index (χ0v) is 20.1. The van der Waals surface area contributed by atoms with Gasteiger partial charge in [0.25, 0.3) is 11.8 Å². The van der Waals surface area contributed by atoms with Gasteiger partial charge in [-0.1, -0.05) is 42.5 Å². The predicted octanol–water partition coefficient (Wildman–Crippen LogP) is 3.64. The summed E-state index contributed by atoms with van der Waals surface area (Å²) in [7, 11) is 3.46. The number of nitrogens with zero attached hydrogens (tertiary/aromatic N) is 4. The standard InChI is InChI=1S/C28H26N6O2/c1-29-27(35)21-10-13-25-22(15-21)17-32-34(25)23-11-8-20(9-12-23)16-30-28(36)24-18-31-33(2)26(24)14-19-6-4-3-5-7-19/h3-13,15,17-18H,14,16H2,1-2H3,(H,29,35)(H,30,36). The molecule has 5 aromatic rings. The van der Waals surface area contributed by atoms with E-state index in [1.54, 1.807) is 30.2 Å². The van der Waals surface area contributed by atoms with Gasteiger partial charge in [0.05, 0.1) is 34.9 Å². The van der Waals surface area contributed by atoms with Crippen LogP contribution in [0.15, 0.2) is 85.2 Å². The van der Waals surface area contributed by atoms with E-state index in [-0.39, 0.29) is 11.8 Å². The molecule has 0 bridgehead atoms. The van der Waals surface area contributed by atoms with Crippen molar-refractivity contribution >= 4 is 22.7 Å². The summed E-state index contributed by atoms with van der Waals surface area (Å²) in [4.78, 5) is 24.8. The fourth-order valence-corrected chi connectivity index (χ4v) is 4.21. The number of hydrogen-bond donors (Lipinski definition) is 2. The third-order valence-corrected chi connectivity index (χ3v) is 6.21. The van der Waals surface area contributed by atoms with Crippen LogP contribution in [0.4, 0.5) is 0 Å². The van der Waals surface area contributed by atoms with Crippen LogP contribution in [-0.2, 0) is 20.0 Å². The minimum atomic E-state index is -0.150. The van der Waals surface area contributed by atoms with Crippen molar-refractivity contribution in [3.63, 3.8) is 0 Å². The number of carbonyl (C=O) groups is 2. The van der Waals surface area contributed by atoms with E-state index in [4.69, 9.17) is 0 Å². The first-order valence-electron chi connectivity index (χ1n) is 11.7. The van der Waals surface area contributed by atoms with Crippen molar-refractivity contribution in [2.24, 2.45) is 7.05 Å². The number of hydrogen-bond acceptors (Lipinski definition) is 4. The molecule has 3 aromatic carbocycles. The largest absolute Gasteiger partial charge is 0.355 e. The molecule has 0 unspecified atom stereocenters. The number of aryl methyl sites for hydroxylation is 1. The first kappa shape index (κ1) is 23.0. The Balaban J connectivity index is 1.27. The molecule has 0 saturated heterocycles. The number of carbonyl (C=O) groups excluding carboxylic acids is 2. The van der Waals surface area contributed by atoms with Crippen LogP contribution in [0.5, 0.6) is 0 Å². The summed E-state index contributed by atoms with van der Waals surface area (Å²) in [5, 5.41) is 15.3. The summed E-state index contributed by atoms with van der Waals surface area (Å²) in [6.07, 6.45) is 4.00. The van der Waals surface area contributed by atoms with Gasteiger partial charge in [-0.05, 0) is 41.5 Å². The number of aromatic nitrogens is 4. The van der Waals surface area contributed by atoms with Crippen molar-refractivity contribution in [1.82, 2.24) is 30.2 Å². The maximum absolute atomic E-state index is 12.9. The molecule has 0 radical (unpaired) electrons. The second-order valence-electron chi connectivity index (χ2n) is 8.55.